The van der Waals surface area contributed by atoms with Crippen LogP contribution in [0.3, 0.4) is 0 Å². The molecule has 0 heterocycles. The monoisotopic (exact) mass is 418 g/mol. The highest BCUT2D eigenvalue weighted by Crippen LogP contribution is 2.15. The Kier molecular flexibility index (Phi) is 17.6. The molecule has 5 nitrogen and oxygen atoms in total. The molecule has 0 aromatic carbocycles. The highest BCUT2D eigenvalue weighted by Gasteiger charge is 2.19. The number of allylic oxidation sites excluding steroid dienone is 1. The van der Waals surface area contributed by atoms with Gasteiger partial charge in [-0.15, -0.1) is 0 Å². The van der Waals surface area contributed by atoms with Crippen molar-refractivity contribution >= 4 is 16.1 Å². The Morgan fingerprint density at radius 3 is 2.18 bits per heavy atom. The second-order valence-electron chi connectivity index (χ2n) is 7.56. The molecule has 0 bridgehead atoms. The molecule has 0 aliphatic carbocycles. The third-order valence-electron chi connectivity index (χ3n) is 4.84. The third-order valence-corrected chi connectivity index (χ3v) is 6.00. The highest BCUT2D eigenvalue weighted by molar-refractivity contribution is 7.86. The van der Waals surface area contributed by atoms with Gasteiger partial charge in [0.25, 0.3) is 10.1 Å². The Hall–Kier alpha value is -0.880. The van der Waals surface area contributed by atoms with Crippen LogP contribution in [0.4, 0.5) is 0 Å². The zero-order valence-corrected chi connectivity index (χ0v) is 18.9. The van der Waals surface area contributed by atoms with Crippen LogP contribution in [-0.2, 0) is 19.6 Å². The van der Waals surface area contributed by atoms with Gasteiger partial charge in [0.15, 0.2) is 0 Å². The van der Waals surface area contributed by atoms with E-state index < -0.39 is 15.4 Å². The summed E-state index contributed by atoms with van der Waals surface area (Å²) in [4.78, 5) is 11.5. The van der Waals surface area contributed by atoms with E-state index in [1.54, 1.807) is 6.08 Å². The minimum Gasteiger partial charge on any atom is -0.466 e. The van der Waals surface area contributed by atoms with Gasteiger partial charge in [0.2, 0.25) is 0 Å². The zero-order valence-electron chi connectivity index (χ0n) is 18.0. The molecule has 166 valence electrons. The highest BCUT2D eigenvalue weighted by atomic mass is 32.2. The fourth-order valence-electron chi connectivity index (χ4n) is 3.01. The molecular formula is C22H42O5S. The number of carbonyl (C=O) groups excluding carboxylic acids is 1. The molecule has 28 heavy (non-hydrogen) atoms. The molecule has 0 saturated heterocycles. The van der Waals surface area contributed by atoms with E-state index in [1.165, 1.54) is 32.1 Å². The summed E-state index contributed by atoms with van der Waals surface area (Å²) in [7, 11) is -4.05. The maximum absolute atomic E-state index is 11.5. The summed E-state index contributed by atoms with van der Waals surface area (Å²) in [5.74, 6) is -0.151. The second kappa shape index (κ2) is 18.2. The van der Waals surface area contributed by atoms with E-state index in [4.69, 9.17) is 4.74 Å². The van der Waals surface area contributed by atoms with Gasteiger partial charge in [-0.2, -0.15) is 8.42 Å². The first-order valence-electron chi connectivity index (χ1n) is 11.2. The molecule has 1 N–H and O–H groups in total. The van der Waals surface area contributed by atoms with Crippen molar-refractivity contribution in [2.75, 3.05) is 6.61 Å². The molecule has 0 aromatic heterocycles. The van der Waals surface area contributed by atoms with Gasteiger partial charge in [0.1, 0.15) is 5.25 Å². The minimum atomic E-state index is -4.05. The van der Waals surface area contributed by atoms with Crippen molar-refractivity contribution in [3.63, 3.8) is 0 Å². The zero-order chi connectivity index (χ0) is 21.1. The maximum Gasteiger partial charge on any atom is 0.305 e. The van der Waals surface area contributed by atoms with Gasteiger partial charge in [-0.25, -0.2) is 0 Å². The minimum absolute atomic E-state index is 0.151. The van der Waals surface area contributed by atoms with Crippen molar-refractivity contribution in [1.82, 2.24) is 0 Å². The first-order valence-corrected chi connectivity index (χ1v) is 12.7. The van der Waals surface area contributed by atoms with Crippen molar-refractivity contribution in [1.29, 1.82) is 0 Å². The van der Waals surface area contributed by atoms with E-state index in [-0.39, 0.29) is 5.97 Å². The first-order chi connectivity index (χ1) is 13.4. The van der Waals surface area contributed by atoms with Crippen LogP contribution in [0.25, 0.3) is 0 Å². The van der Waals surface area contributed by atoms with Crippen LogP contribution >= 0.6 is 0 Å². The molecule has 0 saturated carbocycles. The lowest BCUT2D eigenvalue weighted by atomic mass is 10.1. The van der Waals surface area contributed by atoms with Gasteiger partial charge >= 0.3 is 5.97 Å². The predicted octanol–water partition coefficient (Wildman–Crippen LogP) is 6.23. The van der Waals surface area contributed by atoms with Crippen LogP contribution in [0, 0.1) is 0 Å². The van der Waals surface area contributed by atoms with E-state index in [2.05, 4.69) is 13.8 Å². The lowest BCUT2D eigenvalue weighted by molar-refractivity contribution is -0.143. The number of carbonyl (C=O) groups is 1. The van der Waals surface area contributed by atoms with E-state index >= 15 is 0 Å². The van der Waals surface area contributed by atoms with Crippen LogP contribution in [0.5, 0.6) is 0 Å². The predicted molar refractivity (Wildman–Crippen MR) is 116 cm³/mol. The van der Waals surface area contributed by atoms with E-state index in [0.29, 0.717) is 19.4 Å². The molecule has 0 fully saturated rings. The average molecular weight is 419 g/mol. The van der Waals surface area contributed by atoms with Gasteiger partial charge < -0.3 is 4.74 Å². The fraction of sp³-hybridized carbons (Fsp3) is 0.864. The van der Waals surface area contributed by atoms with Crippen molar-refractivity contribution < 1.29 is 22.5 Å². The molecule has 0 aliphatic rings. The lowest BCUT2D eigenvalue weighted by Gasteiger charge is -2.09. The van der Waals surface area contributed by atoms with Crippen molar-refractivity contribution in [3.8, 4) is 0 Å². The third kappa shape index (κ3) is 17.2. The molecule has 0 spiro atoms. The SMILES string of the molecule is CCCCCCCC/C=C/C(CCCCCCC(=O)OCCCC)S(=O)(=O)O. The second-order valence-corrected chi connectivity index (χ2v) is 9.20. The van der Waals surface area contributed by atoms with Crippen LogP contribution in [0.15, 0.2) is 12.2 Å². The summed E-state index contributed by atoms with van der Waals surface area (Å²) in [6, 6.07) is 0. The smallest absolute Gasteiger partial charge is 0.305 e. The standard InChI is InChI=1S/C22H42O5S/c1-3-5-7-8-9-10-11-14-17-21(28(24,25)26)18-15-12-13-16-19-22(23)27-20-6-4-2/h14,17,21H,3-13,15-16,18-20H2,1-2H3,(H,24,25,26)/b17-14+. The Bertz CT molecular complexity index is 499. The number of rotatable bonds is 19. The molecule has 6 heteroatoms. The van der Waals surface area contributed by atoms with Crippen LogP contribution < -0.4 is 0 Å². The Labute approximate surface area is 173 Å². The summed E-state index contributed by atoms with van der Waals surface area (Å²) < 4.78 is 37.6. The number of hydrogen-bond donors (Lipinski definition) is 1. The fourth-order valence-corrected chi connectivity index (χ4v) is 3.78. The van der Waals surface area contributed by atoms with Gasteiger partial charge in [0.05, 0.1) is 6.61 Å². The molecule has 1 atom stereocenters. The van der Waals surface area contributed by atoms with Crippen LogP contribution in [0.2, 0.25) is 0 Å². The van der Waals surface area contributed by atoms with Crippen LogP contribution in [-0.4, -0.2) is 30.8 Å². The van der Waals surface area contributed by atoms with E-state index in [1.807, 2.05) is 6.08 Å². The van der Waals surface area contributed by atoms with Crippen LogP contribution in [0.1, 0.15) is 110 Å². The Balaban J connectivity index is 3.90. The van der Waals surface area contributed by atoms with Gasteiger partial charge in [-0.05, 0) is 32.1 Å². The molecule has 0 rings (SSSR count). The largest absolute Gasteiger partial charge is 0.466 e. The van der Waals surface area contributed by atoms with E-state index in [9.17, 15) is 17.8 Å². The summed E-state index contributed by atoms with van der Waals surface area (Å²) in [6.45, 7) is 4.74. The van der Waals surface area contributed by atoms with Gasteiger partial charge in [-0.1, -0.05) is 83.8 Å². The number of esters is 1. The molecule has 1 unspecified atom stereocenters. The topological polar surface area (TPSA) is 80.7 Å². The molecule has 0 amide bonds. The lowest BCUT2D eigenvalue weighted by Crippen LogP contribution is -2.17. The maximum atomic E-state index is 11.5. The van der Waals surface area contributed by atoms with Crippen molar-refractivity contribution in [2.24, 2.45) is 0 Å². The first kappa shape index (κ1) is 27.1. The molecular weight excluding hydrogens is 376 g/mol. The van der Waals surface area contributed by atoms with Crippen molar-refractivity contribution in [3.05, 3.63) is 12.2 Å². The normalized spacial score (nSPS) is 13.1. The van der Waals surface area contributed by atoms with E-state index in [0.717, 1.165) is 51.4 Å². The quantitative estimate of drug-likeness (QED) is 0.116. The number of unbranched alkanes of at least 4 members (excludes halogenated alkanes) is 10. The summed E-state index contributed by atoms with van der Waals surface area (Å²) in [5.41, 5.74) is 0. The molecule has 0 aliphatic heterocycles. The number of ether oxygens (including phenoxy) is 1. The summed E-state index contributed by atoms with van der Waals surface area (Å²) >= 11 is 0. The van der Waals surface area contributed by atoms with Gasteiger partial charge in [-0.3, -0.25) is 9.35 Å². The summed E-state index contributed by atoms with van der Waals surface area (Å²) in [5, 5.41) is -0.813. The van der Waals surface area contributed by atoms with Gasteiger partial charge in [0, 0.05) is 6.42 Å². The molecule has 0 radical (unpaired) electrons. The van der Waals surface area contributed by atoms with Crippen molar-refractivity contribution in [2.45, 2.75) is 115 Å². The Morgan fingerprint density at radius 2 is 1.50 bits per heavy atom. The Morgan fingerprint density at radius 1 is 0.893 bits per heavy atom. The molecule has 0 aromatic rings. The summed E-state index contributed by atoms with van der Waals surface area (Å²) in [6.07, 6.45) is 17.6. The average Bonchev–Trinajstić information content (AvgIpc) is 2.64. The number of hydrogen-bond acceptors (Lipinski definition) is 4.